The number of thiophene rings is 1. The molecule has 1 unspecified atom stereocenters. The van der Waals surface area contributed by atoms with Gasteiger partial charge in [-0.3, -0.25) is 4.79 Å². The smallest absolute Gasteiger partial charge is 0.410 e. The van der Waals surface area contributed by atoms with E-state index in [1.807, 2.05) is 0 Å². The Hall–Kier alpha value is -4.12. The predicted octanol–water partition coefficient (Wildman–Crippen LogP) is 4.87. The molecule has 0 saturated carbocycles. The lowest BCUT2D eigenvalue weighted by atomic mass is 10.0. The monoisotopic (exact) mass is 539 g/mol. The lowest BCUT2D eigenvalue weighted by Gasteiger charge is -2.28. The third-order valence-electron chi connectivity index (χ3n) is 6.24. The highest BCUT2D eigenvalue weighted by Gasteiger charge is 2.34. The van der Waals surface area contributed by atoms with Gasteiger partial charge >= 0.3 is 12.1 Å². The minimum absolute atomic E-state index is 0.199. The van der Waals surface area contributed by atoms with Crippen LogP contribution in [0, 0.1) is 5.82 Å². The number of anilines is 1. The Morgan fingerprint density at radius 2 is 1.87 bits per heavy atom. The first kappa shape index (κ1) is 25.5. The molecule has 2 amide bonds. The summed E-state index contributed by atoms with van der Waals surface area (Å²) in [6, 6.07) is 10.1. The van der Waals surface area contributed by atoms with Gasteiger partial charge in [-0.15, -0.1) is 11.3 Å². The summed E-state index contributed by atoms with van der Waals surface area (Å²) in [5.74, 6) is -0.755. The fourth-order valence-corrected chi connectivity index (χ4v) is 5.74. The number of benzene rings is 2. The SMILES string of the molecule is CCOC(=O)N1CCc2c(sc3c2C(=O)NC(c2ccc(OC(=O)c4ccc(F)cc4)c(OCC)c2)N3)C1. The van der Waals surface area contributed by atoms with Crippen molar-refractivity contribution in [1.82, 2.24) is 10.2 Å². The number of fused-ring (bicyclic) bond motifs is 3. The zero-order chi connectivity index (χ0) is 26.8. The van der Waals surface area contributed by atoms with Gasteiger partial charge in [-0.05, 0) is 67.8 Å². The summed E-state index contributed by atoms with van der Waals surface area (Å²) in [5.41, 5.74) is 2.47. The summed E-state index contributed by atoms with van der Waals surface area (Å²) >= 11 is 1.46. The average molecular weight is 540 g/mol. The van der Waals surface area contributed by atoms with E-state index in [0.717, 1.165) is 15.4 Å². The van der Waals surface area contributed by atoms with Gasteiger partial charge in [0.05, 0.1) is 30.9 Å². The van der Waals surface area contributed by atoms with Gasteiger partial charge in [0.15, 0.2) is 11.5 Å². The standard InChI is InChI=1S/C27H26FN3O6S/c1-3-35-20-13-16(7-10-19(20)37-26(33)15-5-8-17(28)9-6-15)23-29-24(32)22-18-11-12-31(27(34)36-4-2)14-21(18)38-25(22)30-23/h5-10,13,23,30H,3-4,11-12,14H2,1-2H3,(H,29,32). The Labute approximate surface area is 222 Å². The highest BCUT2D eigenvalue weighted by Crippen LogP contribution is 2.41. The first-order valence-corrected chi connectivity index (χ1v) is 13.1. The van der Waals surface area contributed by atoms with E-state index in [1.54, 1.807) is 36.9 Å². The Morgan fingerprint density at radius 1 is 1.08 bits per heavy atom. The molecule has 2 aromatic carbocycles. The molecule has 3 aromatic rings. The number of hydrogen-bond donors (Lipinski definition) is 2. The van der Waals surface area contributed by atoms with E-state index in [2.05, 4.69) is 10.6 Å². The summed E-state index contributed by atoms with van der Waals surface area (Å²) in [7, 11) is 0. The molecule has 1 atom stereocenters. The van der Waals surface area contributed by atoms with Crippen LogP contribution >= 0.6 is 11.3 Å². The number of halogens is 1. The van der Waals surface area contributed by atoms with Crippen LogP contribution in [-0.2, 0) is 17.7 Å². The second-order valence-electron chi connectivity index (χ2n) is 8.66. The topological polar surface area (TPSA) is 106 Å². The van der Waals surface area contributed by atoms with Gasteiger partial charge in [0.1, 0.15) is 17.0 Å². The largest absolute Gasteiger partial charge is 0.490 e. The van der Waals surface area contributed by atoms with Crippen molar-refractivity contribution in [2.24, 2.45) is 0 Å². The second kappa shape index (κ2) is 10.7. The number of nitrogens with one attached hydrogen (secondary N) is 2. The van der Waals surface area contributed by atoms with Crippen molar-refractivity contribution < 1.29 is 33.0 Å². The minimum atomic E-state index is -0.645. The van der Waals surface area contributed by atoms with Crippen LogP contribution in [0.2, 0.25) is 0 Å². The van der Waals surface area contributed by atoms with Gasteiger partial charge < -0.3 is 29.7 Å². The van der Waals surface area contributed by atoms with Gasteiger partial charge in [-0.2, -0.15) is 0 Å². The lowest BCUT2D eigenvalue weighted by molar-refractivity contribution is 0.0728. The maximum Gasteiger partial charge on any atom is 0.410 e. The third-order valence-corrected chi connectivity index (χ3v) is 7.39. The van der Waals surface area contributed by atoms with E-state index in [0.29, 0.717) is 49.6 Å². The molecule has 198 valence electrons. The molecule has 11 heteroatoms. The van der Waals surface area contributed by atoms with Crippen molar-refractivity contribution in [3.8, 4) is 11.5 Å². The number of hydrogen-bond acceptors (Lipinski definition) is 8. The fourth-order valence-electron chi connectivity index (χ4n) is 4.45. The first-order valence-electron chi connectivity index (χ1n) is 12.3. The van der Waals surface area contributed by atoms with E-state index in [-0.39, 0.29) is 23.3 Å². The van der Waals surface area contributed by atoms with Crippen LogP contribution in [0.3, 0.4) is 0 Å². The van der Waals surface area contributed by atoms with Crippen LogP contribution < -0.4 is 20.1 Å². The average Bonchev–Trinajstić information content (AvgIpc) is 3.28. The summed E-state index contributed by atoms with van der Waals surface area (Å²) < 4.78 is 29.6. The predicted molar refractivity (Wildman–Crippen MR) is 138 cm³/mol. The molecule has 3 heterocycles. The zero-order valence-corrected chi connectivity index (χ0v) is 21.7. The third kappa shape index (κ3) is 5.01. The van der Waals surface area contributed by atoms with Gasteiger partial charge in [-0.25, -0.2) is 14.0 Å². The van der Waals surface area contributed by atoms with Crippen molar-refractivity contribution >= 4 is 34.3 Å². The Morgan fingerprint density at radius 3 is 2.61 bits per heavy atom. The normalized spacial score (nSPS) is 16.0. The summed E-state index contributed by atoms with van der Waals surface area (Å²) in [5, 5.41) is 7.11. The summed E-state index contributed by atoms with van der Waals surface area (Å²) in [6.45, 7) is 5.09. The van der Waals surface area contributed by atoms with Crippen LogP contribution in [0.25, 0.3) is 0 Å². The van der Waals surface area contributed by atoms with Gasteiger partial charge in [0.2, 0.25) is 0 Å². The van der Waals surface area contributed by atoms with E-state index in [9.17, 15) is 18.8 Å². The quantitative estimate of drug-likeness (QED) is 0.340. The summed E-state index contributed by atoms with van der Waals surface area (Å²) in [6.07, 6.45) is -0.330. The van der Waals surface area contributed by atoms with E-state index >= 15 is 0 Å². The molecule has 0 radical (unpaired) electrons. The Bertz CT molecular complexity index is 1390. The van der Waals surface area contributed by atoms with Crippen LogP contribution in [-0.4, -0.2) is 42.6 Å². The molecule has 1 aromatic heterocycles. The van der Waals surface area contributed by atoms with Crippen LogP contribution in [0.1, 0.15) is 56.7 Å². The minimum Gasteiger partial charge on any atom is -0.490 e. The molecule has 38 heavy (non-hydrogen) atoms. The molecule has 0 saturated heterocycles. The number of amides is 2. The Balaban J connectivity index is 1.36. The molecule has 2 aliphatic heterocycles. The Kier molecular flexibility index (Phi) is 7.19. The molecular weight excluding hydrogens is 513 g/mol. The maximum absolute atomic E-state index is 13.2. The second-order valence-corrected chi connectivity index (χ2v) is 9.77. The number of esters is 1. The van der Waals surface area contributed by atoms with Crippen LogP contribution in [0.4, 0.5) is 14.2 Å². The van der Waals surface area contributed by atoms with E-state index in [1.165, 1.54) is 35.6 Å². The highest BCUT2D eigenvalue weighted by atomic mass is 32.1. The molecule has 0 fully saturated rings. The molecule has 5 rings (SSSR count). The van der Waals surface area contributed by atoms with Crippen molar-refractivity contribution in [1.29, 1.82) is 0 Å². The molecule has 0 bridgehead atoms. The van der Waals surface area contributed by atoms with E-state index in [4.69, 9.17) is 14.2 Å². The molecule has 2 N–H and O–H groups in total. The molecular formula is C27H26FN3O6S. The highest BCUT2D eigenvalue weighted by molar-refractivity contribution is 7.16. The number of nitrogens with zero attached hydrogens (tertiary/aromatic N) is 1. The molecule has 2 aliphatic rings. The van der Waals surface area contributed by atoms with Crippen LogP contribution in [0.5, 0.6) is 11.5 Å². The van der Waals surface area contributed by atoms with Crippen LogP contribution in [0.15, 0.2) is 42.5 Å². The number of carbonyl (C=O) groups excluding carboxylic acids is 3. The van der Waals surface area contributed by atoms with Crippen molar-refractivity contribution in [2.45, 2.75) is 33.0 Å². The van der Waals surface area contributed by atoms with Crippen molar-refractivity contribution in [3.63, 3.8) is 0 Å². The van der Waals surface area contributed by atoms with Gasteiger partial charge in [-0.1, -0.05) is 6.07 Å². The molecule has 9 nitrogen and oxygen atoms in total. The number of ether oxygens (including phenoxy) is 3. The first-order chi connectivity index (χ1) is 18.4. The van der Waals surface area contributed by atoms with Crippen molar-refractivity contribution in [3.05, 3.63) is 75.4 Å². The fraction of sp³-hybridized carbons (Fsp3) is 0.296. The lowest BCUT2D eigenvalue weighted by Crippen LogP contribution is -2.39. The van der Waals surface area contributed by atoms with Gasteiger partial charge in [0.25, 0.3) is 5.91 Å². The molecule has 0 aliphatic carbocycles. The van der Waals surface area contributed by atoms with Gasteiger partial charge in [0, 0.05) is 11.4 Å². The summed E-state index contributed by atoms with van der Waals surface area (Å²) in [4.78, 5) is 40.5. The van der Waals surface area contributed by atoms with Crippen molar-refractivity contribution in [2.75, 3.05) is 25.1 Å². The maximum atomic E-state index is 13.2. The number of carbonyl (C=O) groups is 3. The molecule has 0 spiro atoms. The number of rotatable bonds is 6. The zero-order valence-electron chi connectivity index (χ0n) is 20.8. The van der Waals surface area contributed by atoms with E-state index < -0.39 is 18.0 Å².